The Bertz CT molecular complexity index is 987. The first-order chi connectivity index (χ1) is 13.1. The van der Waals surface area contributed by atoms with E-state index >= 15 is 0 Å². The van der Waals surface area contributed by atoms with Crippen molar-refractivity contribution in [1.29, 1.82) is 0 Å². The number of benzene rings is 2. The first-order valence-corrected chi connectivity index (χ1v) is 9.65. The van der Waals surface area contributed by atoms with Crippen molar-refractivity contribution in [3.8, 4) is 0 Å². The SMILES string of the molecule is CCCCN(Cc1nc2ccccc2c(=O)[nH]1)C(=S)Nc1ccc(Cl)cc1. The van der Waals surface area contributed by atoms with Crippen LogP contribution in [-0.4, -0.2) is 26.5 Å². The van der Waals surface area contributed by atoms with E-state index in [1.54, 1.807) is 6.07 Å². The Kier molecular flexibility index (Phi) is 6.42. The number of halogens is 1. The van der Waals surface area contributed by atoms with Gasteiger partial charge in [0.15, 0.2) is 5.11 Å². The summed E-state index contributed by atoms with van der Waals surface area (Å²) in [4.78, 5) is 21.8. The molecule has 3 aromatic rings. The molecule has 0 atom stereocenters. The van der Waals surface area contributed by atoms with Crippen LogP contribution in [0.15, 0.2) is 53.3 Å². The van der Waals surface area contributed by atoms with E-state index in [0.717, 1.165) is 25.1 Å². The molecule has 140 valence electrons. The average Bonchev–Trinajstić information content (AvgIpc) is 2.67. The molecular weight excluding hydrogens is 380 g/mol. The lowest BCUT2D eigenvalue weighted by atomic mass is 10.2. The molecule has 2 N–H and O–H groups in total. The summed E-state index contributed by atoms with van der Waals surface area (Å²) in [6.45, 7) is 3.33. The normalized spacial score (nSPS) is 10.7. The van der Waals surface area contributed by atoms with E-state index < -0.39 is 0 Å². The number of anilines is 1. The molecule has 1 heterocycles. The topological polar surface area (TPSA) is 61.0 Å². The van der Waals surface area contributed by atoms with Crippen molar-refractivity contribution in [1.82, 2.24) is 14.9 Å². The van der Waals surface area contributed by atoms with Crippen molar-refractivity contribution in [2.75, 3.05) is 11.9 Å². The largest absolute Gasteiger partial charge is 0.342 e. The van der Waals surface area contributed by atoms with Crippen LogP contribution in [0.5, 0.6) is 0 Å². The molecule has 27 heavy (non-hydrogen) atoms. The van der Waals surface area contributed by atoms with Crippen LogP contribution in [0.4, 0.5) is 5.69 Å². The number of thiocarbonyl (C=S) groups is 1. The number of para-hydroxylation sites is 1. The van der Waals surface area contributed by atoms with Gasteiger partial charge in [0.2, 0.25) is 0 Å². The molecule has 7 heteroatoms. The Morgan fingerprint density at radius 3 is 2.70 bits per heavy atom. The molecule has 0 aliphatic heterocycles. The van der Waals surface area contributed by atoms with Crippen LogP contribution in [0.25, 0.3) is 10.9 Å². The van der Waals surface area contributed by atoms with Gasteiger partial charge >= 0.3 is 0 Å². The maximum absolute atomic E-state index is 12.3. The maximum Gasteiger partial charge on any atom is 0.258 e. The summed E-state index contributed by atoms with van der Waals surface area (Å²) in [7, 11) is 0. The van der Waals surface area contributed by atoms with Gasteiger partial charge in [0.05, 0.1) is 17.4 Å². The van der Waals surface area contributed by atoms with Gasteiger partial charge in [-0.2, -0.15) is 0 Å². The molecule has 0 spiro atoms. The minimum absolute atomic E-state index is 0.136. The van der Waals surface area contributed by atoms with Gasteiger partial charge in [-0.3, -0.25) is 4.79 Å². The molecule has 0 fully saturated rings. The molecule has 0 bridgehead atoms. The summed E-state index contributed by atoms with van der Waals surface area (Å²) in [5.41, 5.74) is 1.41. The first kappa shape index (κ1) is 19.3. The van der Waals surface area contributed by atoms with Crippen LogP contribution in [0.3, 0.4) is 0 Å². The van der Waals surface area contributed by atoms with Crippen LogP contribution in [0, 0.1) is 0 Å². The second-order valence-corrected chi connectivity index (χ2v) is 7.07. The summed E-state index contributed by atoms with van der Waals surface area (Å²) < 4.78 is 0. The Hall–Kier alpha value is -2.44. The smallest absolute Gasteiger partial charge is 0.258 e. The van der Waals surface area contributed by atoms with E-state index in [1.165, 1.54) is 0 Å². The van der Waals surface area contributed by atoms with Crippen LogP contribution in [0.2, 0.25) is 5.02 Å². The van der Waals surface area contributed by atoms with E-state index in [2.05, 4.69) is 22.2 Å². The zero-order valence-corrected chi connectivity index (χ0v) is 16.6. The van der Waals surface area contributed by atoms with Crippen molar-refractivity contribution in [3.63, 3.8) is 0 Å². The summed E-state index contributed by atoms with van der Waals surface area (Å²) in [5.74, 6) is 0.593. The monoisotopic (exact) mass is 400 g/mol. The van der Waals surface area contributed by atoms with E-state index in [4.69, 9.17) is 23.8 Å². The fourth-order valence-corrected chi connectivity index (χ4v) is 3.13. The number of H-pyrrole nitrogens is 1. The van der Waals surface area contributed by atoms with Crippen molar-refractivity contribution in [2.45, 2.75) is 26.3 Å². The molecule has 0 saturated carbocycles. The van der Waals surface area contributed by atoms with Gasteiger partial charge in [0, 0.05) is 17.3 Å². The number of hydrogen-bond acceptors (Lipinski definition) is 3. The van der Waals surface area contributed by atoms with Gasteiger partial charge in [0.25, 0.3) is 5.56 Å². The number of nitrogens with one attached hydrogen (secondary N) is 2. The lowest BCUT2D eigenvalue weighted by molar-refractivity contribution is 0.397. The predicted molar refractivity (Wildman–Crippen MR) is 115 cm³/mol. The molecule has 0 saturated heterocycles. The van der Waals surface area contributed by atoms with Crippen LogP contribution < -0.4 is 10.9 Å². The first-order valence-electron chi connectivity index (χ1n) is 8.86. The second kappa shape index (κ2) is 8.97. The standard InChI is InChI=1S/C20H21ClN4OS/c1-2-3-12-25(20(27)22-15-10-8-14(21)9-11-15)13-18-23-17-7-5-4-6-16(17)19(26)24-18/h4-11H,2-3,12-13H2,1H3,(H,22,27)(H,23,24,26). The third kappa shape index (κ3) is 5.05. The Morgan fingerprint density at radius 1 is 1.22 bits per heavy atom. The number of nitrogens with zero attached hydrogens (tertiary/aromatic N) is 2. The summed E-state index contributed by atoms with van der Waals surface area (Å²) in [6.07, 6.45) is 2.03. The van der Waals surface area contributed by atoms with E-state index in [9.17, 15) is 4.79 Å². The number of hydrogen-bond donors (Lipinski definition) is 2. The zero-order chi connectivity index (χ0) is 19.2. The Morgan fingerprint density at radius 2 is 1.96 bits per heavy atom. The molecule has 3 rings (SSSR count). The Labute approximate surface area is 168 Å². The van der Waals surface area contributed by atoms with Crippen LogP contribution >= 0.6 is 23.8 Å². The number of aromatic amines is 1. The lowest BCUT2D eigenvalue weighted by Crippen LogP contribution is -2.36. The van der Waals surface area contributed by atoms with E-state index in [1.807, 2.05) is 47.4 Å². The van der Waals surface area contributed by atoms with E-state index in [-0.39, 0.29) is 5.56 Å². The minimum Gasteiger partial charge on any atom is -0.342 e. The van der Waals surface area contributed by atoms with Gasteiger partial charge in [-0.05, 0) is 55.0 Å². The summed E-state index contributed by atoms with van der Waals surface area (Å²) in [6, 6.07) is 14.7. The maximum atomic E-state index is 12.3. The predicted octanol–water partition coefficient (Wildman–Crippen LogP) is 4.58. The number of fused-ring (bicyclic) bond motifs is 1. The quantitative estimate of drug-likeness (QED) is 0.593. The number of unbranched alkanes of at least 4 members (excludes halogenated alkanes) is 1. The molecule has 0 radical (unpaired) electrons. The third-order valence-electron chi connectivity index (χ3n) is 4.17. The molecule has 5 nitrogen and oxygen atoms in total. The fraction of sp³-hybridized carbons (Fsp3) is 0.250. The third-order valence-corrected chi connectivity index (χ3v) is 4.78. The van der Waals surface area contributed by atoms with E-state index in [0.29, 0.717) is 33.4 Å². The van der Waals surface area contributed by atoms with Crippen molar-refractivity contribution >= 4 is 45.5 Å². The Balaban J connectivity index is 1.81. The highest BCUT2D eigenvalue weighted by Crippen LogP contribution is 2.15. The highest BCUT2D eigenvalue weighted by Gasteiger charge is 2.13. The molecule has 1 aromatic heterocycles. The van der Waals surface area contributed by atoms with Gasteiger partial charge in [-0.25, -0.2) is 4.98 Å². The lowest BCUT2D eigenvalue weighted by Gasteiger charge is -2.25. The summed E-state index contributed by atoms with van der Waals surface area (Å²) >= 11 is 11.5. The summed E-state index contributed by atoms with van der Waals surface area (Å²) in [5, 5.41) is 5.07. The molecule has 0 unspecified atom stereocenters. The second-order valence-electron chi connectivity index (χ2n) is 6.24. The fourth-order valence-electron chi connectivity index (χ4n) is 2.73. The zero-order valence-electron chi connectivity index (χ0n) is 15.0. The number of rotatable bonds is 6. The molecule has 0 amide bonds. The number of aromatic nitrogens is 2. The van der Waals surface area contributed by atoms with Gasteiger partial charge in [0.1, 0.15) is 5.82 Å². The average molecular weight is 401 g/mol. The van der Waals surface area contributed by atoms with Gasteiger partial charge in [-0.1, -0.05) is 37.1 Å². The molecule has 0 aliphatic rings. The molecular formula is C20H21ClN4OS. The molecule has 0 aliphatic carbocycles. The van der Waals surface area contributed by atoms with Crippen molar-refractivity contribution in [2.24, 2.45) is 0 Å². The van der Waals surface area contributed by atoms with Crippen molar-refractivity contribution in [3.05, 3.63) is 69.7 Å². The van der Waals surface area contributed by atoms with Gasteiger partial charge < -0.3 is 15.2 Å². The molecule has 2 aromatic carbocycles. The minimum atomic E-state index is -0.136. The van der Waals surface area contributed by atoms with Crippen molar-refractivity contribution < 1.29 is 0 Å². The highest BCUT2D eigenvalue weighted by molar-refractivity contribution is 7.80. The highest BCUT2D eigenvalue weighted by atomic mass is 35.5. The van der Waals surface area contributed by atoms with Crippen LogP contribution in [-0.2, 0) is 6.54 Å². The van der Waals surface area contributed by atoms with Crippen LogP contribution in [0.1, 0.15) is 25.6 Å². The van der Waals surface area contributed by atoms with Gasteiger partial charge in [-0.15, -0.1) is 0 Å².